The zero-order valence-electron chi connectivity index (χ0n) is 10.1. The maximum absolute atomic E-state index is 11.4. The van der Waals surface area contributed by atoms with E-state index in [9.17, 15) is 4.79 Å². The van der Waals surface area contributed by atoms with Gasteiger partial charge in [0.2, 0.25) is 5.91 Å². The van der Waals surface area contributed by atoms with Crippen molar-refractivity contribution < 1.29 is 4.79 Å². The molecule has 0 radical (unpaired) electrons. The molecule has 0 bridgehead atoms. The summed E-state index contributed by atoms with van der Waals surface area (Å²) in [7, 11) is 0. The van der Waals surface area contributed by atoms with Gasteiger partial charge in [-0.2, -0.15) is 0 Å². The fraction of sp³-hybridized carbons (Fsp3) is 0.545. The minimum atomic E-state index is 0.131. The maximum atomic E-state index is 11.4. The number of hydrogen-bond donors (Lipinski definition) is 4. The fourth-order valence-electron chi connectivity index (χ4n) is 1.53. The highest BCUT2D eigenvalue weighted by Crippen LogP contribution is 2.18. The second-order valence-corrected chi connectivity index (χ2v) is 4.30. The number of carbonyl (C=O) groups is 1. The van der Waals surface area contributed by atoms with Crippen molar-refractivity contribution in [3.63, 3.8) is 0 Å². The quantitative estimate of drug-likeness (QED) is 0.314. The summed E-state index contributed by atoms with van der Waals surface area (Å²) in [5, 5.41) is 6.07. The number of rotatable bonds is 7. The van der Waals surface area contributed by atoms with E-state index < -0.39 is 0 Å². The van der Waals surface area contributed by atoms with E-state index in [-0.39, 0.29) is 5.91 Å². The zero-order valence-corrected chi connectivity index (χ0v) is 10.1. The summed E-state index contributed by atoms with van der Waals surface area (Å²) in [6, 6.07) is 2.15. The molecule has 0 aromatic carbocycles. The first kappa shape index (κ1) is 12.6. The molecule has 7 heteroatoms. The van der Waals surface area contributed by atoms with Crippen LogP contribution in [-0.2, 0) is 4.79 Å². The van der Waals surface area contributed by atoms with Gasteiger partial charge >= 0.3 is 0 Å². The van der Waals surface area contributed by atoms with Gasteiger partial charge in [-0.05, 0) is 19.3 Å². The number of hydrogen-bond acceptors (Lipinski definition) is 6. The summed E-state index contributed by atoms with van der Waals surface area (Å²) in [6.45, 7) is 0.694. The number of anilines is 2. The normalized spacial score (nSPS) is 14.1. The Morgan fingerprint density at radius 1 is 1.39 bits per heavy atom. The third kappa shape index (κ3) is 4.17. The first-order valence-corrected chi connectivity index (χ1v) is 6.10. The average Bonchev–Trinajstić information content (AvgIpc) is 3.19. The Bertz CT molecular complexity index is 406. The number of amides is 1. The second kappa shape index (κ2) is 6.15. The maximum Gasteiger partial charge on any atom is 0.220 e. The van der Waals surface area contributed by atoms with Gasteiger partial charge in [-0.3, -0.25) is 4.79 Å². The van der Waals surface area contributed by atoms with Crippen molar-refractivity contribution in [2.24, 2.45) is 5.84 Å². The van der Waals surface area contributed by atoms with Crippen molar-refractivity contribution in [3.05, 3.63) is 12.4 Å². The molecule has 1 heterocycles. The Kier molecular flexibility index (Phi) is 4.30. The van der Waals surface area contributed by atoms with Gasteiger partial charge < -0.3 is 16.1 Å². The minimum Gasteiger partial charge on any atom is -0.370 e. The van der Waals surface area contributed by atoms with Crippen molar-refractivity contribution in [3.8, 4) is 0 Å². The van der Waals surface area contributed by atoms with Gasteiger partial charge in [-0.1, -0.05) is 0 Å². The molecule has 7 nitrogen and oxygen atoms in total. The van der Waals surface area contributed by atoms with Gasteiger partial charge in [0.25, 0.3) is 0 Å². The van der Waals surface area contributed by atoms with E-state index >= 15 is 0 Å². The molecule has 1 saturated carbocycles. The fourth-order valence-corrected chi connectivity index (χ4v) is 1.53. The highest BCUT2D eigenvalue weighted by atomic mass is 16.1. The summed E-state index contributed by atoms with van der Waals surface area (Å²) in [5.74, 6) is 6.62. The number of nitrogens with two attached hydrogens (primary N) is 1. The molecule has 18 heavy (non-hydrogen) atoms. The van der Waals surface area contributed by atoms with E-state index in [1.54, 1.807) is 6.07 Å². The van der Waals surface area contributed by atoms with Gasteiger partial charge in [0.1, 0.15) is 18.0 Å². The van der Waals surface area contributed by atoms with E-state index in [0.717, 1.165) is 19.3 Å². The molecule has 5 N–H and O–H groups in total. The second-order valence-electron chi connectivity index (χ2n) is 4.30. The topological polar surface area (TPSA) is 105 Å². The summed E-state index contributed by atoms with van der Waals surface area (Å²) in [4.78, 5) is 19.4. The van der Waals surface area contributed by atoms with Gasteiger partial charge in [0.15, 0.2) is 0 Å². The number of nitrogen functional groups attached to an aromatic ring is 1. The van der Waals surface area contributed by atoms with Crippen LogP contribution in [0.5, 0.6) is 0 Å². The number of carbonyl (C=O) groups excluding carboxylic acids is 1. The third-order valence-corrected chi connectivity index (χ3v) is 2.64. The van der Waals surface area contributed by atoms with Crippen molar-refractivity contribution in [1.82, 2.24) is 15.3 Å². The van der Waals surface area contributed by atoms with Crippen LogP contribution in [0.2, 0.25) is 0 Å². The molecule has 2 rings (SSSR count). The molecule has 0 aliphatic heterocycles. The van der Waals surface area contributed by atoms with E-state index in [2.05, 4.69) is 26.0 Å². The minimum absolute atomic E-state index is 0.131. The van der Waals surface area contributed by atoms with E-state index in [4.69, 9.17) is 5.84 Å². The van der Waals surface area contributed by atoms with Crippen LogP contribution in [0.15, 0.2) is 12.4 Å². The molecule has 1 amide bonds. The van der Waals surface area contributed by atoms with Gasteiger partial charge in [0.05, 0.1) is 0 Å². The van der Waals surface area contributed by atoms with Crippen molar-refractivity contribution in [2.75, 3.05) is 17.3 Å². The monoisotopic (exact) mass is 250 g/mol. The molecular weight excluding hydrogens is 232 g/mol. The Morgan fingerprint density at radius 3 is 2.89 bits per heavy atom. The predicted octanol–water partition coefficient (Wildman–Crippen LogP) is 0.233. The molecule has 0 atom stereocenters. The molecule has 1 aromatic heterocycles. The van der Waals surface area contributed by atoms with Crippen LogP contribution in [0.25, 0.3) is 0 Å². The Morgan fingerprint density at radius 2 is 2.17 bits per heavy atom. The van der Waals surface area contributed by atoms with Crippen LogP contribution in [0, 0.1) is 0 Å². The molecule has 1 aromatic rings. The molecule has 0 spiro atoms. The van der Waals surface area contributed by atoms with E-state index in [0.29, 0.717) is 30.6 Å². The van der Waals surface area contributed by atoms with Gasteiger partial charge in [-0.25, -0.2) is 15.8 Å². The summed E-state index contributed by atoms with van der Waals surface area (Å²) >= 11 is 0. The largest absolute Gasteiger partial charge is 0.370 e. The average molecular weight is 250 g/mol. The number of hydrazine groups is 1. The van der Waals surface area contributed by atoms with Crippen molar-refractivity contribution in [1.29, 1.82) is 0 Å². The molecule has 1 aliphatic carbocycles. The summed E-state index contributed by atoms with van der Waals surface area (Å²) in [5.41, 5.74) is 2.45. The lowest BCUT2D eigenvalue weighted by molar-refractivity contribution is -0.121. The zero-order chi connectivity index (χ0) is 12.8. The van der Waals surface area contributed by atoms with Crippen LogP contribution < -0.4 is 21.9 Å². The SMILES string of the molecule is NNc1cc(NCCCC(=O)NC2CC2)ncn1. The summed E-state index contributed by atoms with van der Waals surface area (Å²) in [6.07, 6.45) is 4.99. The predicted molar refractivity (Wildman–Crippen MR) is 68.7 cm³/mol. The van der Waals surface area contributed by atoms with Crippen molar-refractivity contribution in [2.45, 2.75) is 31.7 Å². The summed E-state index contributed by atoms with van der Waals surface area (Å²) < 4.78 is 0. The lowest BCUT2D eigenvalue weighted by Gasteiger charge is -2.06. The standard InChI is InChI=1S/C11H18N6O/c12-17-10-6-9(14-7-15-10)13-5-1-2-11(18)16-8-3-4-8/h6-8H,1-5,12H2,(H,16,18)(H2,13,14,15,17). The lowest BCUT2D eigenvalue weighted by Crippen LogP contribution is -2.25. The number of nitrogens with one attached hydrogen (secondary N) is 3. The first-order chi connectivity index (χ1) is 8.78. The number of aromatic nitrogens is 2. The van der Waals surface area contributed by atoms with Gasteiger partial charge in [0, 0.05) is 25.1 Å². The van der Waals surface area contributed by atoms with Crippen LogP contribution in [0.3, 0.4) is 0 Å². The third-order valence-electron chi connectivity index (χ3n) is 2.64. The van der Waals surface area contributed by atoms with Crippen LogP contribution in [-0.4, -0.2) is 28.5 Å². The first-order valence-electron chi connectivity index (χ1n) is 6.10. The Labute approximate surface area is 106 Å². The molecule has 0 unspecified atom stereocenters. The van der Waals surface area contributed by atoms with Crippen LogP contribution in [0.4, 0.5) is 11.6 Å². The van der Waals surface area contributed by atoms with Crippen LogP contribution in [0.1, 0.15) is 25.7 Å². The van der Waals surface area contributed by atoms with E-state index in [1.165, 1.54) is 6.33 Å². The molecule has 1 aliphatic rings. The van der Waals surface area contributed by atoms with Gasteiger partial charge in [-0.15, -0.1) is 0 Å². The number of nitrogens with zero attached hydrogens (tertiary/aromatic N) is 2. The van der Waals surface area contributed by atoms with Crippen LogP contribution >= 0.6 is 0 Å². The lowest BCUT2D eigenvalue weighted by atomic mass is 10.3. The van der Waals surface area contributed by atoms with E-state index in [1.807, 2.05) is 0 Å². The molecule has 98 valence electrons. The highest BCUT2D eigenvalue weighted by molar-refractivity contribution is 5.76. The smallest absolute Gasteiger partial charge is 0.220 e. The highest BCUT2D eigenvalue weighted by Gasteiger charge is 2.22. The molecule has 0 saturated heterocycles. The van der Waals surface area contributed by atoms with Crippen molar-refractivity contribution >= 4 is 17.5 Å². The molecular formula is C11H18N6O. The Balaban J connectivity index is 1.63. The Hall–Kier alpha value is -1.89. The molecule has 1 fully saturated rings.